The monoisotopic (exact) mass is 392 g/mol. The van der Waals surface area contributed by atoms with Gasteiger partial charge in [0.1, 0.15) is 6.04 Å². The van der Waals surface area contributed by atoms with E-state index in [4.69, 9.17) is 0 Å². The molecule has 2 aromatic carbocycles. The molecule has 3 atom stereocenters. The number of benzene rings is 2. The first-order chi connectivity index (χ1) is 14.0. The molecule has 2 fully saturated rings. The number of likely N-dealkylation sites (tertiary alicyclic amines) is 1. The Morgan fingerprint density at radius 2 is 1.72 bits per heavy atom. The minimum atomic E-state index is -0.941. The van der Waals surface area contributed by atoms with E-state index in [-0.39, 0.29) is 23.7 Å². The molecule has 1 aliphatic carbocycles. The fourth-order valence-corrected chi connectivity index (χ4v) is 4.74. The van der Waals surface area contributed by atoms with Crippen molar-refractivity contribution in [2.75, 3.05) is 18.5 Å². The average Bonchev–Trinajstić information content (AvgIpc) is 3.34. The molecule has 1 aliphatic heterocycles. The molecule has 1 saturated heterocycles. The molecule has 1 heterocycles. The quantitative estimate of drug-likeness (QED) is 0.866. The van der Waals surface area contributed by atoms with Gasteiger partial charge < -0.3 is 14.9 Å². The second-order valence-electron chi connectivity index (χ2n) is 7.88. The number of carbonyl (C=O) groups excluding carboxylic acids is 2. The van der Waals surface area contributed by atoms with Crippen LogP contribution in [0, 0.1) is 11.8 Å². The molecule has 150 valence electrons. The van der Waals surface area contributed by atoms with Crippen molar-refractivity contribution < 1.29 is 19.5 Å². The molecular weight excluding hydrogens is 368 g/mol. The van der Waals surface area contributed by atoms with Crippen molar-refractivity contribution >= 4 is 23.5 Å². The summed E-state index contributed by atoms with van der Waals surface area (Å²) in [6.45, 7) is 0.475. The Bertz CT molecular complexity index is 943. The number of carboxylic acids is 1. The standard InChI is InChI=1S/C23H24N2O4/c1-24(18-10-3-2-4-11-18)21(26)15-7-5-8-16(13-15)22(27)25-14-17-9-6-12-19(17)20(25)23(28)29/h2-5,7-8,10-11,13,17,19-20H,6,9,12,14H2,1H3,(H,28,29). The highest BCUT2D eigenvalue weighted by atomic mass is 16.4. The predicted molar refractivity (Wildman–Crippen MR) is 109 cm³/mol. The summed E-state index contributed by atoms with van der Waals surface area (Å²) >= 11 is 0. The van der Waals surface area contributed by atoms with Crippen molar-refractivity contribution in [2.45, 2.75) is 25.3 Å². The number of rotatable bonds is 4. The van der Waals surface area contributed by atoms with Gasteiger partial charge in [0.15, 0.2) is 0 Å². The lowest BCUT2D eigenvalue weighted by Gasteiger charge is -2.25. The Labute approximate surface area is 169 Å². The third-order valence-electron chi connectivity index (χ3n) is 6.21. The molecule has 29 heavy (non-hydrogen) atoms. The number of anilines is 1. The van der Waals surface area contributed by atoms with Crippen LogP contribution in [0.2, 0.25) is 0 Å². The zero-order chi connectivity index (χ0) is 20.5. The molecule has 2 aromatic rings. The summed E-state index contributed by atoms with van der Waals surface area (Å²) in [5.74, 6) is -1.19. The molecule has 1 N–H and O–H groups in total. The van der Waals surface area contributed by atoms with E-state index in [0.29, 0.717) is 17.7 Å². The highest BCUT2D eigenvalue weighted by Gasteiger charge is 2.49. The van der Waals surface area contributed by atoms with Crippen LogP contribution >= 0.6 is 0 Å². The molecule has 0 bridgehead atoms. The van der Waals surface area contributed by atoms with E-state index in [1.54, 1.807) is 31.3 Å². The van der Waals surface area contributed by atoms with Crippen LogP contribution in [0.15, 0.2) is 54.6 Å². The Morgan fingerprint density at radius 1 is 1.00 bits per heavy atom. The molecule has 1 saturated carbocycles. The van der Waals surface area contributed by atoms with E-state index in [2.05, 4.69) is 0 Å². The summed E-state index contributed by atoms with van der Waals surface area (Å²) in [6, 6.07) is 15.1. The highest BCUT2D eigenvalue weighted by Crippen LogP contribution is 2.42. The second-order valence-corrected chi connectivity index (χ2v) is 7.88. The topological polar surface area (TPSA) is 77.9 Å². The lowest BCUT2D eigenvalue weighted by atomic mass is 9.94. The molecule has 0 radical (unpaired) electrons. The van der Waals surface area contributed by atoms with Crippen LogP contribution in [0.3, 0.4) is 0 Å². The van der Waals surface area contributed by atoms with Crippen LogP contribution in [0.1, 0.15) is 40.0 Å². The maximum atomic E-state index is 13.1. The third kappa shape index (κ3) is 3.50. The first-order valence-corrected chi connectivity index (χ1v) is 9.94. The smallest absolute Gasteiger partial charge is 0.326 e. The van der Waals surface area contributed by atoms with Gasteiger partial charge in [0.25, 0.3) is 11.8 Å². The fourth-order valence-electron chi connectivity index (χ4n) is 4.74. The zero-order valence-corrected chi connectivity index (χ0v) is 16.3. The van der Waals surface area contributed by atoms with Crippen molar-refractivity contribution in [2.24, 2.45) is 11.8 Å². The van der Waals surface area contributed by atoms with E-state index in [1.807, 2.05) is 30.3 Å². The largest absolute Gasteiger partial charge is 0.480 e. The number of amides is 2. The van der Waals surface area contributed by atoms with Crippen LogP contribution in [-0.2, 0) is 4.79 Å². The Balaban J connectivity index is 1.58. The molecule has 3 unspecified atom stereocenters. The van der Waals surface area contributed by atoms with Crippen molar-refractivity contribution in [3.8, 4) is 0 Å². The second kappa shape index (κ2) is 7.70. The molecule has 0 aromatic heterocycles. The number of carbonyl (C=O) groups is 3. The summed E-state index contributed by atoms with van der Waals surface area (Å²) in [5, 5.41) is 9.71. The Morgan fingerprint density at radius 3 is 2.45 bits per heavy atom. The number of hydrogen-bond donors (Lipinski definition) is 1. The van der Waals surface area contributed by atoms with Gasteiger partial charge in [-0.1, -0.05) is 30.7 Å². The van der Waals surface area contributed by atoms with Crippen molar-refractivity contribution in [1.82, 2.24) is 4.90 Å². The van der Waals surface area contributed by atoms with Gasteiger partial charge >= 0.3 is 5.97 Å². The van der Waals surface area contributed by atoms with Gasteiger partial charge in [-0.3, -0.25) is 9.59 Å². The number of nitrogens with zero attached hydrogens (tertiary/aromatic N) is 2. The van der Waals surface area contributed by atoms with E-state index in [9.17, 15) is 19.5 Å². The highest BCUT2D eigenvalue weighted by molar-refractivity contribution is 6.07. The lowest BCUT2D eigenvalue weighted by molar-refractivity contribution is -0.142. The van der Waals surface area contributed by atoms with Crippen LogP contribution in [0.4, 0.5) is 5.69 Å². The van der Waals surface area contributed by atoms with Gasteiger partial charge in [0, 0.05) is 30.4 Å². The number of fused-ring (bicyclic) bond motifs is 1. The van der Waals surface area contributed by atoms with Crippen LogP contribution in [0.5, 0.6) is 0 Å². The van der Waals surface area contributed by atoms with Gasteiger partial charge in [0.05, 0.1) is 0 Å². The molecule has 2 amide bonds. The minimum absolute atomic E-state index is 0.0329. The maximum Gasteiger partial charge on any atom is 0.326 e. The van der Waals surface area contributed by atoms with E-state index in [1.165, 1.54) is 9.80 Å². The van der Waals surface area contributed by atoms with Crippen LogP contribution in [0.25, 0.3) is 0 Å². The molecular formula is C23H24N2O4. The molecule has 6 nitrogen and oxygen atoms in total. The van der Waals surface area contributed by atoms with Crippen molar-refractivity contribution in [1.29, 1.82) is 0 Å². The van der Waals surface area contributed by atoms with Gasteiger partial charge in [-0.15, -0.1) is 0 Å². The van der Waals surface area contributed by atoms with Gasteiger partial charge in [-0.2, -0.15) is 0 Å². The van der Waals surface area contributed by atoms with E-state index >= 15 is 0 Å². The summed E-state index contributed by atoms with van der Waals surface area (Å²) in [5.41, 5.74) is 1.50. The summed E-state index contributed by atoms with van der Waals surface area (Å²) < 4.78 is 0. The summed E-state index contributed by atoms with van der Waals surface area (Å²) in [4.78, 5) is 40.9. The molecule has 4 rings (SSSR count). The summed E-state index contributed by atoms with van der Waals surface area (Å²) in [7, 11) is 1.69. The summed E-state index contributed by atoms with van der Waals surface area (Å²) in [6.07, 6.45) is 2.85. The van der Waals surface area contributed by atoms with Crippen LogP contribution in [-0.4, -0.2) is 47.4 Å². The third-order valence-corrected chi connectivity index (χ3v) is 6.21. The number of para-hydroxylation sites is 1. The minimum Gasteiger partial charge on any atom is -0.480 e. The normalized spacial score (nSPS) is 22.9. The average molecular weight is 392 g/mol. The number of aliphatic carboxylic acids is 1. The van der Waals surface area contributed by atoms with Gasteiger partial charge in [0.2, 0.25) is 0 Å². The Hall–Kier alpha value is -3.15. The molecule has 2 aliphatic rings. The number of hydrogen-bond acceptors (Lipinski definition) is 3. The van der Waals surface area contributed by atoms with Crippen molar-refractivity contribution in [3.05, 3.63) is 65.7 Å². The van der Waals surface area contributed by atoms with Crippen LogP contribution < -0.4 is 4.90 Å². The molecule has 0 spiro atoms. The predicted octanol–water partition coefficient (Wildman–Crippen LogP) is 3.29. The fraction of sp³-hybridized carbons (Fsp3) is 0.348. The van der Waals surface area contributed by atoms with Gasteiger partial charge in [-0.25, -0.2) is 4.79 Å². The first-order valence-electron chi connectivity index (χ1n) is 9.94. The lowest BCUT2D eigenvalue weighted by Crippen LogP contribution is -2.43. The maximum absolute atomic E-state index is 13.1. The molecule has 6 heteroatoms. The van der Waals surface area contributed by atoms with Crippen molar-refractivity contribution in [3.63, 3.8) is 0 Å². The SMILES string of the molecule is CN(C(=O)c1cccc(C(=O)N2CC3CCCC3C2C(=O)O)c1)c1ccccc1. The van der Waals surface area contributed by atoms with E-state index in [0.717, 1.165) is 24.9 Å². The first kappa shape index (κ1) is 19.2. The Kier molecular flexibility index (Phi) is 5.09. The van der Waals surface area contributed by atoms with Gasteiger partial charge in [-0.05, 0) is 55.0 Å². The zero-order valence-electron chi connectivity index (χ0n) is 16.3. The van der Waals surface area contributed by atoms with E-state index < -0.39 is 12.0 Å². The number of carboxylic acid groups (broad SMARTS) is 1.